The zero-order valence-corrected chi connectivity index (χ0v) is 22.7. The van der Waals surface area contributed by atoms with Gasteiger partial charge >= 0.3 is 5.97 Å². The summed E-state index contributed by atoms with van der Waals surface area (Å²) >= 11 is 12.0. The molecule has 0 heterocycles. The molecule has 0 amide bonds. The highest BCUT2D eigenvalue weighted by molar-refractivity contribution is 6.42. The quantitative estimate of drug-likeness (QED) is 0.160. The summed E-state index contributed by atoms with van der Waals surface area (Å²) in [5.41, 5.74) is 4.32. The number of methoxy groups -OCH3 is 1. The number of ether oxygens (including phenoxy) is 2. The lowest BCUT2D eigenvalue weighted by atomic mass is 9.87. The van der Waals surface area contributed by atoms with Gasteiger partial charge in [0.2, 0.25) is 0 Å². The van der Waals surface area contributed by atoms with Gasteiger partial charge in [-0.15, -0.1) is 0 Å². The van der Waals surface area contributed by atoms with E-state index in [-0.39, 0.29) is 5.41 Å². The molecule has 0 saturated heterocycles. The third kappa shape index (κ3) is 7.74. The van der Waals surface area contributed by atoms with Crippen LogP contribution in [0.15, 0.2) is 65.8 Å². The molecule has 0 bridgehead atoms. The summed E-state index contributed by atoms with van der Waals surface area (Å²) in [5, 5.41) is 5.01. The fourth-order valence-corrected chi connectivity index (χ4v) is 3.75. The van der Waals surface area contributed by atoms with Crippen LogP contribution in [0.4, 0.5) is 0 Å². The predicted molar refractivity (Wildman–Crippen MR) is 146 cm³/mol. The van der Waals surface area contributed by atoms with Crippen LogP contribution in [-0.4, -0.2) is 18.8 Å². The molecule has 3 aromatic rings. The van der Waals surface area contributed by atoms with Crippen LogP contribution in [-0.2, 0) is 23.3 Å². The van der Waals surface area contributed by atoms with E-state index in [1.165, 1.54) is 0 Å². The number of hydrogen-bond donors (Lipinski definition) is 0. The average Bonchev–Trinajstić information content (AvgIpc) is 2.86. The van der Waals surface area contributed by atoms with E-state index in [0.717, 1.165) is 16.7 Å². The Morgan fingerprint density at radius 1 is 0.889 bits per heavy atom. The van der Waals surface area contributed by atoms with Crippen molar-refractivity contribution in [2.24, 2.45) is 5.16 Å². The molecule has 36 heavy (non-hydrogen) atoms. The molecule has 0 saturated carbocycles. The second-order valence-corrected chi connectivity index (χ2v) is 10.4. The van der Waals surface area contributed by atoms with Crippen LogP contribution >= 0.6 is 23.2 Å². The molecule has 0 aliphatic rings. The normalized spacial score (nSPS) is 11.8. The Morgan fingerprint density at radius 2 is 1.58 bits per heavy atom. The number of oxime groups is 1. The van der Waals surface area contributed by atoms with Crippen molar-refractivity contribution in [3.8, 4) is 11.5 Å². The predicted octanol–water partition coefficient (Wildman–Crippen LogP) is 8.04. The SMILES string of the molecule is COc1cc(CC/C(C)=N\OC(=O)c2ccc(C(C)(C)C)cc2)ccc1OCc1ccc(Cl)c(Cl)c1. The van der Waals surface area contributed by atoms with Gasteiger partial charge in [0.05, 0.1) is 28.4 Å². The second-order valence-electron chi connectivity index (χ2n) is 9.56. The van der Waals surface area contributed by atoms with Crippen LogP contribution in [0.3, 0.4) is 0 Å². The first-order valence-corrected chi connectivity index (χ1v) is 12.4. The van der Waals surface area contributed by atoms with Crippen molar-refractivity contribution >= 4 is 34.9 Å². The highest BCUT2D eigenvalue weighted by Gasteiger charge is 2.15. The molecule has 5 nitrogen and oxygen atoms in total. The Morgan fingerprint density at radius 3 is 2.22 bits per heavy atom. The molecule has 0 unspecified atom stereocenters. The molecule has 0 aliphatic heterocycles. The van der Waals surface area contributed by atoms with E-state index in [1.807, 2.05) is 43.3 Å². The van der Waals surface area contributed by atoms with Crippen molar-refractivity contribution in [3.63, 3.8) is 0 Å². The average molecular weight is 528 g/mol. The highest BCUT2D eigenvalue weighted by Crippen LogP contribution is 2.30. The van der Waals surface area contributed by atoms with Crippen LogP contribution in [0.5, 0.6) is 11.5 Å². The van der Waals surface area contributed by atoms with Crippen LogP contribution in [0.25, 0.3) is 0 Å². The minimum absolute atomic E-state index is 0.0230. The Balaban J connectivity index is 1.54. The molecule has 0 atom stereocenters. The maximum atomic E-state index is 12.3. The Labute approximate surface area is 223 Å². The van der Waals surface area contributed by atoms with Crippen molar-refractivity contribution in [3.05, 3.63) is 93.0 Å². The van der Waals surface area contributed by atoms with Crippen LogP contribution in [0, 0.1) is 0 Å². The Hall–Kier alpha value is -3.02. The second kappa shape index (κ2) is 12.3. The van der Waals surface area contributed by atoms with Crippen LogP contribution < -0.4 is 9.47 Å². The van der Waals surface area contributed by atoms with Crippen molar-refractivity contribution in [1.82, 2.24) is 0 Å². The first-order chi connectivity index (χ1) is 17.1. The number of aryl methyl sites for hydroxylation is 1. The van der Waals surface area contributed by atoms with Crippen molar-refractivity contribution in [2.45, 2.75) is 52.6 Å². The zero-order valence-electron chi connectivity index (χ0n) is 21.2. The van der Waals surface area contributed by atoms with Gasteiger partial charge in [0, 0.05) is 0 Å². The molecule has 0 spiro atoms. The Bertz CT molecular complexity index is 1230. The summed E-state index contributed by atoms with van der Waals surface area (Å²) in [5.74, 6) is 0.788. The molecule has 7 heteroatoms. The van der Waals surface area contributed by atoms with Crippen molar-refractivity contribution in [2.75, 3.05) is 7.11 Å². The highest BCUT2D eigenvalue weighted by atomic mass is 35.5. The standard InChI is InChI=1S/C29H31Cl2NO4/c1-19(32-36-28(33)22-10-12-23(13-11-22)29(2,3)4)6-7-20-9-15-26(27(17-20)34-5)35-18-21-8-14-24(30)25(31)16-21/h8-17H,6-7,18H2,1-5H3/b32-19-. The van der Waals surface area contributed by atoms with Crippen LogP contribution in [0.1, 0.15) is 61.2 Å². The number of hydrogen-bond acceptors (Lipinski definition) is 5. The molecule has 0 aliphatic carbocycles. The lowest BCUT2D eigenvalue weighted by Crippen LogP contribution is -2.11. The third-order valence-corrected chi connectivity index (χ3v) is 6.39. The number of nitrogens with zero attached hydrogens (tertiary/aromatic N) is 1. The van der Waals surface area contributed by atoms with Crippen molar-refractivity contribution < 1.29 is 19.1 Å². The summed E-state index contributed by atoms with van der Waals surface area (Å²) in [4.78, 5) is 17.5. The van der Waals surface area contributed by atoms with E-state index in [4.69, 9.17) is 37.5 Å². The van der Waals surface area contributed by atoms with E-state index in [2.05, 4.69) is 25.9 Å². The maximum absolute atomic E-state index is 12.3. The van der Waals surface area contributed by atoms with Gasteiger partial charge in [-0.25, -0.2) is 4.79 Å². The first-order valence-electron chi connectivity index (χ1n) is 11.7. The van der Waals surface area contributed by atoms with Gasteiger partial charge in [-0.05, 0) is 78.3 Å². The van der Waals surface area contributed by atoms with E-state index < -0.39 is 5.97 Å². The molecule has 3 rings (SSSR count). The minimum Gasteiger partial charge on any atom is -0.493 e. The molecule has 0 fully saturated rings. The van der Waals surface area contributed by atoms with E-state index in [1.54, 1.807) is 31.4 Å². The number of benzene rings is 3. The number of rotatable bonds is 9. The summed E-state index contributed by atoms with van der Waals surface area (Å²) in [6.45, 7) is 8.55. The molecular formula is C29H31Cl2NO4. The van der Waals surface area contributed by atoms with E-state index >= 15 is 0 Å². The lowest BCUT2D eigenvalue weighted by molar-refractivity contribution is 0.0515. The van der Waals surface area contributed by atoms with E-state index in [0.29, 0.717) is 52.3 Å². The molecule has 0 radical (unpaired) electrons. The smallest absolute Gasteiger partial charge is 0.365 e. The topological polar surface area (TPSA) is 57.1 Å². The third-order valence-electron chi connectivity index (χ3n) is 5.65. The van der Waals surface area contributed by atoms with Gasteiger partial charge in [-0.2, -0.15) is 0 Å². The minimum atomic E-state index is -0.472. The number of carbonyl (C=O) groups excluding carboxylic acids is 1. The largest absolute Gasteiger partial charge is 0.493 e. The molecule has 0 aromatic heterocycles. The summed E-state index contributed by atoms with van der Waals surface area (Å²) in [6, 6.07) is 18.6. The maximum Gasteiger partial charge on any atom is 0.365 e. The van der Waals surface area contributed by atoms with Gasteiger partial charge < -0.3 is 14.3 Å². The first kappa shape index (κ1) is 27.6. The Kier molecular flexibility index (Phi) is 9.41. The van der Waals surface area contributed by atoms with Gasteiger partial charge in [-0.1, -0.05) is 73.4 Å². The summed E-state index contributed by atoms with van der Waals surface area (Å²) in [6.07, 6.45) is 1.33. The van der Waals surface area contributed by atoms with Gasteiger partial charge in [0.25, 0.3) is 0 Å². The van der Waals surface area contributed by atoms with Crippen LogP contribution in [0.2, 0.25) is 10.0 Å². The molecule has 190 valence electrons. The number of carbonyl (C=O) groups is 1. The number of halogens is 2. The summed E-state index contributed by atoms with van der Waals surface area (Å²) < 4.78 is 11.4. The zero-order chi connectivity index (χ0) is 26.3. The monoisotopic (exact) mass is 527 g/mol. The van der Waals surface area contributed by atoms with Gasteiger partial charge in [-0.3, -0.25) is 0 Å². The fourth-order valence-electron chi connectivity index (χ4n) is 3.43. The van der Waals surface area contributed by atoms with Crippen molar-refractivity contribution in [1.29, 1.82) is 0 Å². The fraction of sp³-hybridized carbons (Fsp3) is 0.310. The van der Waals surface area contributed by atoms with Gasteiger partial charge in [0.15, 0.2) is 11.5 Å². The molecule has 0 N–H and O–H groups in total. The lowest BCUT2D eigenvalue weighted by Gasteiger charge is -2.18. The van der Waals surface area contributed by atoms with E-state index in [9.17, 15) is 4.79 Å². The molecular weight excluding hydrogens is 497 g/mol. The van der Waals surface area contributed by atoms with Gasteiger partial charge in [0.1, 0.15) is 6.61 Å². The summed E-state index contributed by atoms with van der Waals surface area (Å²) in [7, 11) is 1.60. The molecule has 3 aromatic carbocycles.